The molecule has 9 heteroatoms. The van der Waals surface area contributed by atoms with Crippen molar-refractivity contribution in [3.05, 3.63) is 34.3 Å². The highest BCUT2D eigenvalue weighted by atomic mass is 79.9. The monoisotopic (exact) mass is 406 g/mol. The second-order valence-corrected chi connectivity index (χ2v) is 6.78. The lowest BCUT2D eigenvalue weighted by molar-refractivity contribution is 0.0827. The number of anilines is 3. The Morgan fingerprint density at radius 3 is 2.64 bits per heavy atom. The SMILES string of the molecule is CNC(=O)Nc1cc2n(n1)CCN2c1cc(Br)cc(C(=O)N(C)C)c1. The molecule has 0 spiro atoms. The van der Waals surface area contributed by atoms with Crippen LogP contribution in [0.5, 0.6) is 0 Å². The van der Waals surface area contributed by atoms with Gasteiger partial charge in [-0.3, -0.25) is 10.1 Å². The normalized spacial score (nSPS) is 12.7. The van der Waals surface area contributed by atoms with E-state index < -0.39 is 0 Å². The molecule has 0 bridgehead atoms. The van der Waals surface area contributed by atoms with Crippen molar-refractivity contribution in [2.75, 3.05) is 37.9 Å². The van der Waals surface area contributed by atoms with Crippen LogP contribution >= 0.6 is 15.9 Å². The highest BCUT2D eigenvalue weighted by Gasteiger charge is 2.24. The number of hydrogen-bond donors (Lipinski definition) is 2. The maximum absolute atomic E-state index is 12.3. The standard InChI is InChI=1S/C16H19BrN6O2/c1-18-16(25)19-13-9-14-22(4-5-23(14)20-13)12-7-10(6-11(17)8-12)15(24)21(2)3/h6-9H,4-5H2,1-3H3,(H2,18,19,20,25). The van der Waals surface area contributed by atoms with Crippen molar-refractivity contribution in [2.24, 2.45) is 0 Å². The van der Waals surface area contributed by atoms with Crippen LogP contribution in [-0.2, 0) is 6.54 Å². The Labute approximate surface area is 153 Å². The van der Waals surface area contributed by atoms with Gasteiger partial charge in [0, 0.05) is 49.5 Å². The number of amides is 3. The molecule has 3 amide bonds. The molecule has 132 valence electrons. The molecule has 1 aromatic heterocycles. The summed E-state index contributed by atoms with van der Waals surface area (Å²) in [6.45, 7) is 1.45. The summed E-state index contributed by atoms with van der Waals surface area (Å²) < 4.78 is 2.66. The van der Waals surface area contributed by atoms with Gasteiger partial charge >= 0.3 is 6.03 Å². The van der Waals surface area contributed by atoms with Crippen LogP contribution in [0.2, 0.25) is 0 Å². The fourth-order valence-electron chi connectivity index (χ4n) is 2.71. The Balaban J connectivity index is 1.92. The van der Waals surface area contributed by atoms with Gasteiger partial charge in [-0.1, -0.05) is 15.9 Å². The minimum atomic E-state index is -0.315. The molecule has 8 nitrogen and oxygen atoms in total. The van der Waals surface area contributed by atoms with Crippen LogP contribution in [0.15, 0.2) is 28.7 Å². The number of carbonyl (C=O) groups is 2. The first-order valence-corrected chi connectivity index (χ1v) is 8.54. The third kappa shape index (κ3) is 3.46. The van der Waals surface area contributed by atoms with Crippen LogP contribution in [0, 0.1) is 0 Å². The summed E-state index contributed by atoms with van der Waals surface area (Å²) in [6, 6.07) is 7.13. The lowest BCUT2D eigenvalue weighted by atomic mass is 10.1. The van der Waals surface area contributed by atoms with Crippen molar-refractivity contribution in [3.8, 4) is 0 Å². The minimum absolute atomic E-state index is 0.0581. The summed E-state index contributed by atoms with van der Waals surface area (Å²) in [5, 5.41) is 9.55. The number of rotatable bonds is 3. The van der Waals surface area contributed by atoms with E-state index in [1.165, 1.54) is 0 Å². The maximum atomic E-state index is 12.3. The predicted octanol–water partition coefficient (Wildman–Crippen LogP) is 2.25. The third-order valence-corrected chi connectivity index (χ3v) is 4.34. The van der Waals surface area contributed by atoms with Crippen LogP contribution in [0.4, 0.5) is 22.1 Å². The van der Waals surface area contributed by atoms with Crippen LogP contribution in [-0.4, -0.2) is 54.3 Å². The van der Waals surface area contributed by atoms with E-state index in [2.05, 4.69) is 36.6 Å². The molecule has 1 aliphatic heterocycles. The number of hydrogen-bond acceptors (Lipinski definition) is 4. The van der Waals surface area contributed by atoms with Gasteiger partial charge in [-0.2, -0.15) is 5.10 Å². The number of nitrogens with one attached hydrogen (secondary N) is 2. The minimum Gasteiger partial charge on any atom is -0.345 e. The van der Waals surface area contributed by atoms with Crippen LogP contribution in [0.1, 0.15) is 10.4 Å². The molecule has 0 saturated carbocycles. The first-order chi connectivity index (χ1) is 11.9. The zero-order valence-corrected chi connectivity index (χ0v) is 15.8. The number of carbonyl (C=O) groups excluding carboxylic acids is 2. The summed E-state index contributed by atoms with van der Waals surface area (Å²) >= 11 is 3.48. The highest BCUT2D eigenvalue weighted by Crippen LogP contribution is 2.34. The Morgan fingerprint density at radius 1 is 1.20 bits per heavy atom. The predicted molar refractivity (Wildman–Crippen MR) is 99.5 cm³/mol. The van der Waals surface area contributed by atoms with Gasteiger partial charge in [0.05, 0.1) is 6.54 Å². The van der Waals surface area contributed by atoms with Gasteiger partial charge in [0.25, 0.3) is 5.91 Å². The molecule has 0 radical (unpaired) electrons. The van der Waals surface area contributed by atoms with Crippen molar-refractivity contribution in [2.45, 2.75) is 6.54 Å². The van der Waals surface area contributed by atoms with Crippen molar-refractivity contribution >= 4 is 45.2 Å². The molecule has 25 heavy (non-hydrogen) atoms. The molecule has 2 aromatic rings. The van der Waals surface area contributed by atoms with E-state index in [9.17, 15) is 9.59 Å². The number of fused-ring (bicyclic) bond motifs is 1. The van der Waals surface area contributed by atoms with E-state index in [0.29, 0.717) is 17.9 Å². The molecule has 1 aliphatic rings. The molecule has 0 atom stereocenters. The quantitative estimate of drug-likeness (QED) is 0.818. The van der Waals surface area contributed by atoms with Gasteiger partial charge in [0.1, 0.15) is 5.82 Å². The van der Waals surface area contributed by atoms with E-state index >= 15 is 0 Å². The van der Waals surface area contributed by atoms with Gasteiger partial charge < -0.3 is 15.1 Å². The summed E-state index contributed by atoms with van der Waals surface area (Å²) in [6.07, 6.45) is 0. The van der Waals surface area contributed by atoms with Crippen molar-refractivity contribution in [1.82, 2.24) is 20.0 Å². The van der Waals surface area contributed by atoms with Crippen LogP contribution < -0.4 is 15.5 Å². The molecule has 0 saturated heterocycles. The van der Waals surface area contributed by atoms with E-state index in [1.54, 1.807) is 32.1 Å². The third-order valence-electron chi connectivity index (χ3n) is 3.89. The molecule has 1 aromatic carbocycles. The van der Waals surface area contributed by atoms with Crippen molar-refractivity contribution in [3.63, 3.8) is 0 Å². The number of halogens is 1. The molecular weight excluding hydrogens is 388 g/mol. The fraction of sp³-hybridized carbons (Fsp3) is 0.312. The largest absolute Gasteiger partial charge is 0.345 e. The van der Waals surface area contributed by atoms with E-state index in [1.807, 2.05) is 22.9 Å². The number of urea groups is 1. The molecule has 0 fully saturated rings. The molecule has 2 N–H and O–H groups in total. The Morgan fingerprint density at radius 2 is 1.96 bits per heavy atom. The van der Waals surface area contributed by atoms with Crippen molar-refractivity contribution in [1.29, 1.82) is 0 Å². The van der Waals surface area contributed by atoms with Gasteiger partial charge in [-0.15, -0.1) is 0 Å². The topological polar surface area (TPSA) is 82.5 Å². The molecule has 0 aliphatic carbocycles. The van der Waals surface area contributed by atoms with Gasteiger partial charge in [0.15, 0.2) is 5.82 Å². The molecule has 0 unspecified atom stereocenters. The van der Waals surface area contributed by atoms with Gasteiger partial charge in [-0.25, -0.2) is 9.48 Å². The zero-order valence-electron chi connectivity index (χ0n) is 14.2. The van der Waals surface area contributed by atoms with Crippen LogP contribution in [0.25, 0.3) is 0 Å². The summed E-state index contributed by atoms with van der Waals surface area (Å²) in [7, 11) is 5.01. The lowest BCUT2D eigenvalue weighted by Gasteiger charge is -2.19. The number of benzene rings is 1. The average molecular weight is 407 g/mol. The molecular formula is C16H19BrN6O2. The Kier molecular flexibility index (Phi) is 4.67. The first-order valence-electron chi connectivity index (χ1n) is 7.75. The second kappa shape index (κ2) is 6.75. The van der Waals surface area contributed by atoms with Crippen LogP contribution in [0.3, 0.4) is 0 Å². The van der Waals surface area contributed by atoms with E-state index in [0.717, 1.165) is 22.5 Å². The van der Waals surface area contributed by atoms with E-state index in [4.69, 9.17) is 0 Å². The smallest absolute Gasteiger partial charge is 0.320 e. The summed E-state index contributed by atoms with van der Waals surface area (Å²) in [5.41, 5.74) is 1.50. The summed E-state index contributed by atoms with van der Waals surface area (Å²) in [4.78, 5) is 27.4. The second-order valence-electron chi connectivity index (χ2n) is 5.86. The molecule has 3 rings (SSSR count). The van der Waals surface area contributed by atoms with Gasteiger partial charge in [0.2, 0.25) is 0 Å². The first kappa shape index (κ1) is 17.3. The van der Waals surface area contributed by atoms with Gasteiger partial charge in [-0.05, 0) is 18.2 Å². The average Bonchev–Trinajstić information content (AvgIpc) is 3.12. The fourth-order valence-corrected chi connectivity index (χ4v) is 3.19. The lowest BCUT2D eigenvalue weighted by Crippen LogP contribution is -2.25. The zero-order chi connectivity index (χ0) is 18.1. The van der Waals surface area contributed by atoms with Crippen molar-refractivity contribution < 1.29 is 9.59 Å². The molecule has 2 heterocycles. The Hall–Kier alpha value is -2.55. The van der Waals surface area contributed by atoms with E-state index in [-0.39, 0.29) is 11.9 Å². The number of aromatic nitrogens is 2. The summed E-state index contributed by atoms with van der Waals surface area (Å²) in [5.74, 6) is 1.30. The maximum Gasteiger partial charge on any atom is 0.320 e. The highest BCUT2D eigenvalue weighted by molar-refractivity contribution is 9.10. The Bertz CT molecular complexity index is 832. The number of nitrogens with zero attached hydrogens (tertiary/aromatic N) is 4.